The number of nitrogen functional groups attached to an aromatic ring is 1. The zero-order chi connectivity index (χ0) is 14.2. The Hall–Kier alpha value is -2.57. The SMILES string of the molecule is COc1cc([N+](=O)[O-])c(N)cc1-c1c(C)noc1C. The summed E-state index contributed by atoms with van der Waals surface area (Å²) in [4.78, 5) is 10.3. The van der Waals surface area contributed by atoms with Crippen molar-refractivity contribution in [3.8, 4) is 16.9 Å². The molecular weight excluding hydrogens is 250 g/mol. The molecule has 2 rings (SSSR count). The molecule has 0 spiro atoms. The summed E-state index contributed by atoms with van der Waals surface area (Å²) in [6.07, 6.45) is 0. The monoisotopic (exact) mass is 263 g/mol. The predicted molar refractivity (Wildman–Crippen MR) is 69.0 cm³/mol. The highest BCUT2D eigenvalue weighted by atomic mass is 16.6. The highest BCUT2D eigenvalue weighted by Crippen LogP contribution is 2.39. The van der Waals surface area contributed by atoms with E-state index in [4.69, 9.17) is 15.0 Å². The maximum absolute atomic E-state index is 10.9. The van der Waals surface area contributed by atoms with Gasteiger partial charge in [0.2, 0.25) is 0 Å². The van der Waals surface area contributed by atoms with Crippen LogP contribution in [0.5, 0.6) is 5.75 Å². The van der Waals surface area contributed by atoms with E-state index < -0.39 is 4.92 Å². The van der Waals surface area contributed by atoms with E-state index in [9.17, 15) is 10.1 Å². The number of benzene rings is 1. The molecule has 0 aliphatic carbocycles. The van der Waals surface area contributed by atoms with Crippen LogP contribution in [-0.2, 0) is 0 Å². The van der Waals surface area contributed by atoms with Gasteiger partial charge in [0.1, 0.15) is 17.2 Å². The zero-order valence-electron chi connectivity index (χ0n) is 10.8. The fraction of sp³-hybridized carbons (Fsp3) is 0.250. The van der Waals surface area contributed by atoms with Crippen molar-refractivity contribution in [3.05, 3.63) is 33.7 Å². The lowest BCUT2D eigenvalue weighted by Gasteiger charge is -2.09. The number of anilines is 1. The van der Waals surface area contributed by atoms with Gasteiger partial charge in [-0.3, -0.25) is 10.1 Å². The number of nitrogens with two attached hydrogens (primary N) is 1. The van der Waals surface area contributed by atoms with Crippen molar-refractivity contribution >= 4 is 11.4 Å². The fourth-order valence-corrected chi connectivity index (χ4v) is 1.98. The van der Waals surface area contributed by atoms with Crippen LogP contribution in [0.2, 0.25) is 0 Å². The van der Waals surface area contributed by atoms with Crippen molar-refractivity contribution in [1.29, 1.82) is 0 Å². The van der Waals surface area contributed by atoms with E-state index in [-0.39, 0.29) is 11.4 Å². The first-order valence-electron chi connectivity index (χ1n) is 5.50. The second kappa shape index (κ2) is 4.60. The largest absolute Gasteiger partial charge is 0.496 e. The molecule has 7 nitrogen and oxygen atoms in total. The van der Waals surface area contributed by atoms with Crippen molar-refractivity contribution < 1.29 is 14.2 Å². The number of ether oxygens (including phenoxy) is 1. The lowest BCUT2D eigenvalue weighted by molar-refractivity contribution is -0.384. The summed E-state index contributed by atoms with van der Waals surface area (Å²) >= 11 is 0. The molecule has 1 aromatic heterocycles. The van der Waals surface area contributed by atoms with Crippen molar-refractivity contribution in [3.63, 3.8) is 0 Å². The summed E-state index contributed by atoms with van der Waals surface area (Å²) in [7, 11) is 1.44. The molecule has 0 fully saturated rings. The van der Waals surface area contributed by atoms with Crippen molar-refractivity contribution in [2.75, 3.05) is 12.8 Å². The number of aromatic nitrogens is 1. The van der Waals surface area contributed by atoms with E-state index in [0.29, 0.717) is 22.8 Å². The van der Waals surface area contributed by atoms with Gasteiger partial charge in [-0.05, 0) is 19.9 Å². The summed E-state index contributed by atoms with van der Waals surface area (Å²) in [5.74, 6) is 0.958. The number of nitro groups is 1. The molecule has 0 saturated carbocycles. The molecule has 0 radical (unpaired) electrons. The second-order valence-corrected chi connectivity index (χ2v) is 4.07. The highest BCUT2D eigenvalue weighted by molar-refractivity contribution is 5.80. The maximum Gasteiger partial charge on any atom is 0.295 e. The van der Waals surface area contributed by atoms with Gasteiger partial charge in [-0.25, -0.2) is 0 Å². The molecular formula is C12H13N3O4. The Morgan fingerprint density at radius 1 is 1.42 bits per heavy atom. The van der Waals surface area contributed by atoms with Crippen LogP contribution in [0.1, 0.15) is 11.5 Å². The van der Waals surface area contributed by atoms with Gasteiger partial charge in [-0.2, -0.15) is 0 Å². The molecule has 0 aliphatic rings. The molecule has 0 bridgehead atoms. The molecule has 2 N–H and O–H groups in total. The molecule has 100 valence electrons. The molecule has 7 heteroatoms. The third-order valence-electron chi connectivity index (χ3n) is 2.85. The average molecular weight is 263 g/mol. The standard InChI is InChI=1S/C12H13N3O4/c1-6-12(7(2)19-14-6)8-4-9(13)10(15(16)17)5-11(8)18-3/h4-5H,13H2,1-3H3. The van der Waals surface area contributed by atoms with Gasteiger partial charge in [0, 0.05) is 5.56 Å². The fourth-order valence-electron chi connectivity index (χ4n) is 1.98. The van der Waals surface area contributed by atoms with Crippen LogP contribution < -0.4 is 10.5 Å². The number of aryl methyl sites for hydroxylation is 2. The van der Waals surface area contributed by atoms with Gasteiger partial charge in [-0.1, -0.05) is 5.16 Å². The number of hydrogen-bond donors (Lipinski definition) is 1. The smallest absolute Gasteiger partial charge is 0.295 e. The van der Waals surface area contributed by atoms with E-state index in [2.05, 4.69) is 5.16 Å². The van der Waals surface area contributed by atoms with Gasteiger partial charge in [0.15, 0.2) is 0 Å². The summed E-state index contributed by atoms with van der Waals surface area (Å²) in [5, 5.41) is 14.7. The molecule has 19 heavy (non-hydrogen) atoms. The molecule has 0 unspecified atom stereocenters. The van der Waals surface area contributed by atoms with Crippen LogP contribution in [0.4, 0.5) is 11.4 Å². The van der Waals surface area contributed by atoms with Crippen LogP contribution in [0.3, 0.4) is 0 Å². The van der Waals surface area contributed by atoms with E-state index in [0.717, 1.165) is 5.56 Å². The normalized spacial score (nSPS) is 10.5. The van der Waals surface area contributed by atoms with Crippen molar-refractivity contribution in [1.82, 2.24) is 5.16 Å². The minimum atomic E-state index is -0.547. The summed E-state index contributed by atoms with van der Waals surface area (Å²) in [5.41, 5.74) is 7.62. The summed E-state index contributed by atoms with van der Waals surface area (Å²) in [6.45, 7) is 3.54. The Kier molecular flexibility index (Phi) is 3.12. The molecule has 1 heterocycles. The molecule has 0 saturated heterocycles. The maximum atomic E-state index is 10.9. The second-order valence-electron chi connectivity index (χ2n) is 4.07. The Morgan fingerprint density at radius 2 is 2.11 bits per heavy atom. The molecule has 0 atom stereocenters. The molecule has 0 amide bonds. The lowest BCUT2D eigenvalue weighted by Crippen LogP contribution is -1.99. The van der Waals surface area contributed by atoms with Crippen molar-refractivity contribution in [2.24, 2.45) is 0 Å². The van der Waals surface area contributed by atoms with Crippen LogP contribution in [0, 0.1) is 24.0 Å². The summed E-state index contributed by atoms with van der Waals surface area (Å²) < 4.78 is 10.3. The van der Waals surface area contributed by atoms with Crippen molar-refractivity contribution in [2.45, 2.75) is 13.8 Å². The Labute approximate surface area is 109 Å². The number of hydrogen-bond acceptors (Lipinski definition) is 6. The van der Waals surface area contributed by atoms with E-state index in [1.165, 1.54) is 19.2 Å². The average Bonchev–Trinajstić information content (AvgIpc) is 2.68. The van der Waals surface area contributed by atoms with Crippen LogP contribution in [0.25, 0.3) is 11.1 Å². The van der Waals surface area contributed by atoms with Crippen LogP contribution in [-0.4, -0.2) is 17.2 Å². The first kappa shape index (κ1) is 12.9. The number of rotatable bonds is 3. The van der Waals surface area contributed by atoms with Gasteiger partial charge >= 0.3 is 0 Å². The van der Waals surface area contributed by atoms with Gasteiger partial charge in [-0.15, -0.1) is 0 Å². The predicted octanol–water partition coefficient (Wildman–Crippen LogP) is 2.46. The minimum absolute atomic E-state index is 0.0702. The van der Waals surface area contributed by atoms with Gasteiger partial charge in [0.25, 0.3) is 5.69 Å². The molecule has 1 aromatic carbocycles. The van der Waals surface area contributed by atoms with Crippen LogP contribution in [0.15, 0.2) is 16.7 Å². The van der Waals surface area contributed by atoms with E-state index in [1.807, 2.05) is 0 Å². The Morgan fingerprint density at radius 3 is 2.58 bits per heavy atom. The summed E-state index contributed by atoms with van der Waals surface area (Å²) in [6, 6.07) is 2.81. The number of nitro benzene ring substituents is 1. The van der Waals surface area contributed by atoms with Crippen LogP contribution >= 0.6 is 0 Å². The number of methoxy groups -OCH3 is 1. The topological polar surface area (TPSA) is 104 Å². The Balaban J connectivity index is 2.71. The first-order valence-corrected chi connectivity index (χ1v) is 5.50. The first-order chi connectivity index (χ1) is 8.95. The molecule has 2 aromatic rings. The zero-order valence-corrected chi connectivity index (χ0v) is 10.8. The molecule has 0 aliphatic heterocycles. The Bertz CT molecular complexity index is 629. The third kappa shape index (κ3) is 2.10. The van der Waals surface area contributed by atoms with Gasteiger partial charge < -0.3 is 15.0 Å². The van der Waals surface area contributed by atoms with E-state index >= 15 is 0 Å². The highest BCUT2D eigenvalue weighted by Gasteiger charge is 2.21. The minimum Gasteiger partial charge on any atom is -0.496 e. The number of nitrogens with zero attached hydrogens (tertiary/aromatic N) is 2. The van der Waals surface area contributed by atoms with Gasteiger partial charge in [0.05, 0.1) is 29.4 Å². The van der Waals surface area contributed by atoms with E-state index in [1.54, 1.807) is 13.8 Å². The lowest BCUT2D eigenvalue weighted by atomic mass is 10.0. The third-order valence-corrected chi connectivity index (χ3v) is 2.85. The quantitative estimate of drug-likeness (QED) is 0.518.